The second kappa shape index (κ2) is 4.95. The quantitative estimate of drug-likeness (QED) is 0.401. The van der Waals surface area contributed by atoms with Gasteiger partial charge in [-0.15, -0.1) is 0 Å². The molecule has 0 aliphatic heterocycles. The summed E-state index contributed by atoms with van der Waals surface area (Å²) in [5.41, 5.74) is 0. The minimum absolute atomic E-state index is 0.435. The van der Waals surface area contributed by atoms with Gasteiger partial charge in [0.25, 0.3) is 0 Å². The van der Waals surface area contributed by atoms with Crippen LogP contribution in [0.2, 0.25) is 0 Å². The van der Waals surface area contributed by atoms with E-state index in [2.05, 4.69) is 0 Å². The van der Waals surface area contributed by atoms with Crippen LogP contribution in [0.4, 0.5) is 0 Å². The van der Waals surface area contributed by atoms with E-state index < -0.39 is 37.3 Å². The number of aliphatic hydroxyl groups is 3. The van der Waals surface area contributed by atoms with Crippen molar-refractivity contribution in [1.82, 2.24) is 0 Å². The fourth-order valence-corrected chi connectivity index (χ4v) is 0.481. The van der Waals surface area contributed by atoms with Gasteiger partial charge in [-0.05, 0) is 0 Å². The van der Waals surface area contributed by atoms with Crippen molar-refractivity contribution in [3.8, 4) is 0 Å². The van der Waals surface area contributed by atoms with Gasteiger partial charge in [0.1, 0.15) is 6.61 Å². The fraction of sp³-hybridized carbons (Fsp3) is 0.667. The summed E-state index contributed by atoms with van der Waals surface area (Å²) in [6.45, 7) is -1.42. The second-order valence-electron chi connectivity index (χ2n) is 2.04. The van der Waals surface area contributed by atoms with Gasteiger partial charge in [0.2, 0.25) is 11.6 Å². The molecule has 0 bridgehead atoms. The molecule has 0 aromatic carbocycles. The third-order valence-corrected chi connectivity index (χ3v) is 1.09. The van der Waals surface area contributed by atoms with Crippen molar-refractivity contribution in [2.75, 3.05) is 13.2 Å². The van der Waals surface area contributed by atoms with Gasteiger partial charge >= 0.3 is 0 Å². The first-order valence-electron chi connectivity index (χ1n) is 3.07. The van der Waals surface area contributed by atoms with Crippen LogP contribution in [0.15, 0.2) is 0 Å². The highest BCUT2D eigenvalue weighted by Crippen LogP contribution is 1.92. The van der Waals surface area contributed by atoms with Crippen LogP contribution in [-0.4, -0.2) is 46.2 Å². The lowest BCUT2D eigenvalue weighted by Gasteiger charge is -2.02. The van der Waals surface area contributed by atoms with Gasteiger partial charge in [-0.3, -0.25) is 9.59 Å². The molecule has 5 heteroatoms. The van der Waals surface area contributed by atoms with Crippen LogP contribution in [0.5, 0.6) is 0 Å². The average Bonchev–Trinajstić information content (AvgIpc) is 2.02. The maximum Gasteiger partial charge on any atom is 0.223 e. The zero-order valence-electron chi connectivity index (χ0n) is 5.86. The Morgan fingerprint density at radius 2 is 1.73 bits per heavy atom. The molecule has 0 rings (SSSR count). The first kappa shape index (κ1) is 10.2. The number of Topliss-reactive ketones (excluding diaryl/α,β-unsaturated/α-hetero) is 2. The fourth-order valence-electron chi connectivity index (χ4n) is 0.481. The van der Waals surface area contributed by atoms with Gasteiger partial charge < -0.3 is 15.3 Å². The third-order valence-electron chi connectivity index (χ3n) is 1.09. The summed E-state index contributed by atoms with van der Waals surface area (Å²) in [5.74, 6) is -1.81. The highest BCUT2D eigenvalue weighted by molar-refractivity contribution is 6.37. The molecule has 3 N–H and O–H groups in total. The molecule has 0 radical (unpaired) electrons. The number of ketones is 2. The zero-order chi connectivity index (χ0) is 8.85. The van der Waals surface area contributed by atoms with Gasteiger partial charge in [-0.25, -0.2) is 0 Å². The van der Waals surface area contributed by atoms with E-state index in [1.165, 1.54) is 0 Å². The van der Waals surface area contributed by atoms with E-state index in [1.54, 1.807) is 0 Å². The molecule has 0 heterocycles. The normalized spacial score (nSPS) is 12.6. The van der Waals surface area contributed by atoms with E-state index in [4.69, 9.17) is 15.3 Å². The van der Waals surface area contributed by atoms with Crippen LogP contribution in [0.25, 0.3) is 0 Å². The molecule has 0 amide bonds. The molecule has 0 saturated heterocycles. The van der Waals surface area contributed by atoms with Crippen molar-refractivity contribution in [1.29, 1.82) is 0 Å². The van der Waals surface area contributed by atoms with Crippen LogP contribution >= 0.6 is 0 Å². The maximum absolute atomic E-state index is 10.6. The molecule has 11 heavy (non-hydrogen) atoms. The summed E-state index contributed by atoms with van der Waals surface area (Å²) in [6.07, 6.45) is -1.64. The predicted molar refractivity (Wildman–Crippen MR) is 34.8 cm³/mol. The topological polar surface area (TPSA) is 94.8 Å². The Balaban J connectivity index is 3.77. The molecule has 0 aromatic heterocycles. The molecule has 0 aliphatic rings. The summed E-state index contributed by atoms with van der Waals surface area (Å²) < 4.78 is 0. The van der Waals surface area contributed by atoms with Crippen molar-refractivity contribution < 1.29 is 24.9 Å². The molecule has 1 atom stereocenters. The van der Waals surface area contributed by atoms with Gasteiger partial charge in [-0.1, -0.05) is 0 Å². The van der Waals surface area contributed by atoms with E-state index in [1.807, 2.05) is 0 Å². The van der Waals surface area contributed by atoms with Crippen LogP contribution < -0.4 is 0 Å². The largest absolute Gasteiger partial charge is 0.394 e. The molecule has 64 valence electrons. The van der Waals surface area contributed by atoms with E-state index in [0.717, 1.165) is 0 Å². The average molecular weight is 162 g/mol. The van der Waals surface area contributed by atoms with E-state index in [-0.39, 0.29) is 0 Å². The lowest BCUT2D eigenvalue weighted by Crippen LogP contribution is -2.25. The summed E-state index contributed by atoms with van der Waals surface area (Å²) >= 11 is 0. The Kier molecular flexibility index (Phi) is 4.60. The first-order valence-corrected chi connectivity index (χ1v) is 3.07. The van der Waals surface area contributed by atoms with Gasteiger partial charge in [-0.2, -0.15) is 0 Å². The Bertz CT molecular complexity index is 153. The van der Waals surface area contributed by atoms with Crippen LogP contribution in [0.1, 0.15) is 6.42 Å². The number of carbonyl (C=O) groups excluding carboxylic acids is 2. The van der Waals surface area contributed by atoms with Crippen molar-refractivity contribution in [2.24, 2.45) is 0 Å². The SMILES string of the molecule is O=C(CO)C(=O)C[C@@H](O)CO. The molecule has 0 aromatic rings. The lowest BCUT2D eigenvalue weighted by atomic mass is 10.1. The molecular weight excluding hydrogens is 152 g/mol. The highest BCUT2D eigenvalue weighted by Gasteiger charge is 2.16. The molecule has 5 nitrogen and oxygen atoms in total. The van der Waals surface area contributed by atoms with Crippen molar-refractivity contribution in [3.05, 3.63) is 0 Å². The minimum atomic E-state index is -1.21. The monoisotopic (exact) mass is 162 g/mol. The summed E-state index contributed by atoms with van der Waals surface area (Å²) in [5, 5.41) is 25.1. The minimum Gasteiger partial charge on any atom is -0.394 e. The Labute approximate surface area is 63.3 Å². The van der Waals surface area contributed by atoms with Crippen molar-refractivity contribution in [2.45, 2.75) is 12.5 Å². The standard InChI is InChI=1S/C6H10O5/c7-2-4(9)1-5(10)6(11)3-8/h4,7-9H,1-3H2/t4-/m1/s1. The molecule has 0 unspecified atom stereocenters. The lowest BCUT2D eigenvalue weighted by molar-refractivity contribution is -0.139. The van der Waals surface area contributed by atoms with Crippen molar-refractivity contribution in [3.63, 3.8) is 0 Å². The van der Waals surface area contributed by atoms with E-state index in [0.29, 0.717) is 0 Å². The Morgan fingerprint density at radius 1 is 1.18 bits per heavy atom. The smallest absolute Gasteiger partial charge is 0.223 e. The first-order chi connectivity index (χ1) is 5.11. The van der Waals surface area contributed by atoms with Gasteiger partial charge in [0, 0.05) is 6.42 Å². The molecule has 0 aliphatic carbocycles. The van der Waals surface area contributed by atoms with Crippen LogP contribution in [0, 0.1) is 0 Å². The Hall–Kier alpha value is -0.780. The number of hydrogen-bond donors (Lipinski definition) is 3. The van der Waals surface area contributed by atoms with Crippen molar-refractivity contribution >= 4 is 11.6 Å². The van der Waals surface area contributed by atoms with Gasteiger partial charge in [0.05, 0.1) is 12.7 Å². The number of carbonyl (C=O) groups is 2. The molecule has 0 fully saturated rings. The number of aliphatic hydroxyl groups excluding tert-OH is 3. The second-order valence-corrected chi connectivity index (χ2v) is 2.04. The Morgan fingerprint density at radius 3 is 2.09 bits per heavy atom. The number of hydrogen-bond acceptors (Lipinski definition) is 5. The highest BCUT2D eigenvalue weighted by atomic mass is 16.3. The molecule has 0 saturated carbocycles. The number of rotatable bonds is 5. The molecular formula is C6H10O5. The summed E-state index contributed by atoms with van der Waals surface area (Å²) in [4.78, 5) is 20.9. The third kappa shape index (κ3) is 3.82. The maximum atomic E-state index is 10.6. The van der Waals surface area contributed by atoms with Gasteiger partial charge in [0.15, 0.2) is 0 Å². The predicted octanol–water partition coefficient (Wildman–Crippen LogP) is -2.14. The summed E-state index contributed by atoms with van der Waals surface area (Å²) in [6, 6.07) is 0. The van der Waals surface area contributed by atoms with E-state index >= 15 is 0 Å². The molecule has 0 spiro atoms. The zero-order valence-corrected chi connectivity index (χ0v) is 5.86. The van der Waals surface area contributed by atoms with Crippen LogP contribution in [-0.2, 0) is 9.59 Å². The van der Waals surface area contributed by atoms with E-state index in [9.17, 15) is 9.59 Å². The summed E-state index contributed by atoms with van der Waals surface area (Å²) in [7, 11) is 0. The van der Waals surface area contributed by atoms with Crippen LogP contribution in [0.3, 0.4) is 0 Å².